The predicted octanol–water partition coefficient (Wildman–Crippen LogP) is 2.67. The highest BCUT2D eigenvalue weighted by Crippen LogP contribution is 2.23. The molecule has 0 spiro atoms. The lowest BCUT2D eigenvalue weighted by molar-refractivity contribution is -0.156. The Morgan fingerprint density at radius 2 is 2.04 bits per heavy atom. The Hall–Kier alpha value is -2.64. The molecule has 1 atom stereocenters. The molecule has 26 heavy (non-hydrogen) atoms. The molecule has 4 N–H and O–H groups in total. The van der Waals surface area contributed by atoms with Crippen molar-refractivity contribution in [3.05, 3.63) is 47.5 Å². The van der Waals surface area contributed by atoms with Crippen LogP contribution in [-0.4, -0.2) is 28.8 Å². The molecule has 0 aliphatic carbocycles. The highest BCUT2D eigenvalue weighted by Gasteiger charge is 2.23. The molecule has 0 aliphatic heterocycles. The fourth-order valence-electron chi connectivity index (χ4n) is 2.28. The minimum absolute atomic E-state index is 0.128. The number of carbonyl (C=O) groups is 1. The van der Waals surface area contributed by atoms with Gasteiger partial charge in [-0.3, -0.25) is 0 Å². The maximum absolute atomic E-state index is 12.2. The van der Waals surface area contributed by atoms with Gasteiger partial charge in [-0.05, 0) is 50.1 Å². The maximum Gasteiger partial charge on any atom is 0.328 e. The second kappa shape index (κ2) is 8.16. The summed E-state index contributed by atoms with van der Waals surface area (Å²) in [5.74, 6) is 0.411. The van der Waals surface area contributed by atoms with Crippen molar-refractivity contribution in [1.29, 1.82) is 0 Å². The lowest BCUT2D eigenvalue weighted by atomic mass is 10.1. The summed E-state index contributed by atoms with van der Waals surface area (Å²) in [6.45, 7) is 5.26. The number of nitrogens with one attached hydrogen (secondary N) is 1. The largest absolute Gasteiger partial charge is 0.481 e. The lowest BCUT2D eigenvalue weighted by Gasteiger charge is -2.22. The summed E-state index contributed by atoms with van der Waals surface area (Å²) >= 11 is 0. The van der Waals surface area contributed by atoms with E-state index < -0.39 is 17.6 Å². The number of aromatic nitrogens is 1. The van der Waals surface area contributed by atoms with Crippen LogP contribution < -0.4 is 15.8 Å². The van der Waals surface area contributed by atoms with Gasteiger partial charge >= 0.3 is 5.97 Å². The Labute approximate surface area is 153 Å². The molecular weight excluding hydrogens is 334 g/mol. The number of nitrogens with zero attached hydrogens (tertiary/aromatic N) is 1. The number of nitrogens with two attached hydrogens (primary N) is 1. The molecule has 7 nitrogen and oxygen atoms in total. The van der Waals surface area contributed by atoms with Crippen LogP contribution in [0.5, 0.6) is 5.88 Å². The van der Waals surface area contributed by atoms with Gasteiger partial charge in [-0.1, -0.05) is 12.1 Å². The summed E-state index contributed by atoms with van der Waals surface area (Å²) in [5.41, 5.74) is 7.41. The third-order valence-electron chi connectivity index (χ3n) is 3.43. The van der Waals surface area contributed by atoms with Gasteiger partial charge in [0.2, 0.25) is 5.88 Å². The molecule has 0 saturated heterocycles. The highest BCUT2D eigenvalue weighted by molar-refractivity contribution is 5.78. The first-order chi connectivity index (χ1) is 12.2. The fourth-order valence-corrected chi connectivity index (χ4v) is 2.28. The number of hydrogen-bond acceptors (Lipinski definition) is 7. The number of anilines is 2. The van der Waals surface area contributed by atoms with Gasteiger partial charge in [-0.25, -0.2) is 4.79 Å². The zero-order valence-electron chi connectivity index (χ0n) is 15.4. The quantitative estimate of drug-likeness (QED) is 0.681. The average molecular weight is 359 g/mol. The third kappa shape index (κ3) is 5.44. The molecule has 2 aromatic rings. The smallest absolute Gasteiger partial charge is 0.328 e. The number of hydrogen-bond donors (Lipinski definition) is 3. The van der Waals surface area contributed by atoms with Crippen LogP contribution in [-0.2, 0) is 16.1 Å². The van der Waals surface area contributed by atoms with Crippen molar-refractivity contribution in [1.82, 2.24) is 4.98 Å². The predicted molar refractivity (Wildman–Crippen MR) is 99.2 cm³/mol. The lowest BCUT2D eigenvalue weighted by Crippen LogP contribution is -2.31. The first kappa shape index (κ1) is 19.7. The number of methoxy groups -OCH3 is 1. The van der Waals surface area contributed by atoms with Gasteiger partial charge in [0.05, 0.1) is 13.7 Å². The summed E-state index contributed by atoms with van der Waals surface area (Å²) < 4.78 is 10.5. The van der Waals surface area contributed by atoms with Crippen LogP contribution in [0.25, 0.3) is 0 Å². The van der Waals surface area contributed by atoms with Gasteiger partial charge in [0.1, 0.15) is 17.5 Å². The van der Waals surface area contributed by atoms with E-state index in [0.29, 0.717) is 28.5 Å². The van der Waals surface area contributed by atoms with Crippen molar-refractivity contribution in [2.45, 2.75) is 39.0 Å². The van der Waals surface area contributed by atoms with E-state index in [2.05, 4.69) is 10.3 Å². The number of rotatable bonds is 6. The Morgan fingerprint density at radius 1 is 1.31 bits per heavy atom. The summed E-state index contributed by atoms with van der Waals surface area (Å²) in [6.07, 6.45) is 0. The van der Waals surface area contributed by atoms with E-state index in [9.17, 15) is 9.90 Å². The van der Waals surface area contributed by atoms with Crippen LogP contribution in [0.4, 0.5) is 11.5 Å². The van der Waals surface area contributed by atoms with E-state index in [1.54, 1.807) is 51.1 Å². The van der Waals surface area contributed by atoms with E-state index >= 15 is 0 Å². The zero-order chi connectivity index (χ0) is 19.3. The SMILES string of the molecule is COc1cc(CO)cc(Nc2cccc(C(N)C(=O)OC(C)(C)C)c2)n1. The molecule has 2 rings (SSSR count). The van der Waals surface area contributed by atoms with Crippen molar-refractivity contribution in [2.75, 3.05) is 12.4 Å². The number of benzene rings is 1. The molecule has 0 fully saturated rings. The van der Waals surface area contributed by atoms with Crippen molar-refractivity contribution in [2.24, 2.45) is 5.73 Å². The molecule has 0 amide bonds. The monoisotopic (exact) mass is 359 g/mol. The first-order valence-electron chi connectivity index (χ1n) is 8.23. The second-order valence-electron chi connectivity index (χ2n) is 6.82. The van der Waals surface area contributed by atoms with Gasteiger partial charge in [0.15, 0.2) is 0 Å². The van der Waals surface area contributed by atoms with Gasteiger partial charge in [-0.15, -0.1) is 0 Å². The van der Waals surface area contributed by atoms with Gasteiger partial charge < -0.3 is 25.6 Å². The molecule has 1 unspecified atom stereocenters. The molecule has 7 heteroatoms. The van der Waals surface area contributed by atoms with Crippen LogP contribution in [0.1, 0.15) is 37.9 Å². The molecular formula is C19H25N3O4. The van der Waals surface area contributed by atoms with Crippen LogP contribution in [0.15, 0.2) is 36.4 Å². The highest BCUT2D eigenvalue weighted by atomic mass is 16.6. The van der Waals surface area contributed by atoms with Crippen molar-refractivity contribution in [3.8, 4) is 5.88 Å². The molecule has 0 bridgehead atoms. The van der Waals surface area contributed by atoms with Crippen molar-refractivity contribution in [3.63, 3.8) is 0 Å². The molecule has 140 valence electrons. The van der Waals surface area contributed by atoms with E-state index in [1.165, 1.54) is 7.11 Å². The Bertz CT molecular complexity index is 749. The molecule has 1 aromatic carbocycles. The maximum atomic E-state index is 12.2. The molecule has 0 saturated carbocycles. The number of aliphatic hydroxyl groups excluding tert-OH is 1. The van der Waals surface area contributed by atoms with E-state index in [-0.39, 0.29) is 6.61 Å². The van der Waals surface area contributed by atoms with Crippen LogP contribution in [0.2, 0.25) is 0 Å². The van der Waals surface area contributed by atoms with E-state index in [1.807, 2.05) is 6.07 Å². The second-order valence-corrected chi connectivity index (χ2v) is 6.82. The standard InChI is InChI=1S/C19H25N3O4/c1-19(2,3)26-18(24)17(20)13-6-5-7-14(10-13)21-15-8-12(11-23)9-16(22-15)25-4/h5-10,17,23H,11,20H2,1-4H3,(H,21,22). The minimum atomic E-state index is -0.887. The minimum Gasteiger partial charge on any atom is -0.481 e. The molecule has 1 aromatic heterocycles. The Balaban J connectivity index is 2.20. The number of ether oxygens (including phenoxy) is 2. The van der Waals surface area contributed by atoms with E-state index in [0.717, 1.165) is 0 Å². The fraction of sp³-hybridized carbons (Fsp3) is 0.368. The summed E-state index contributed by atoms with van der Waals surface area (Å²) in [5, 5.41) is 12.5. The van der Waals surface area contributed by atoms with Crippen molar-refractivity contribution >= 4 is 17.5 Å². The number of pyridine rings is 1. The Kier molecular flexibility index (Phi) is 6.18. The summed E-state index contributed by atoms with van der Waals surface area (Å²) in [6, 6.07) is 9.61. The van der Waals surface area contributed by atoms with E-state index in [4.69, 9.17) is 15.2 Å². The number of carbonyl (C=O) groups excluding carboxylic acids is 1. The number of esters is 1. The summed E-state index contributed by atoms with van der Waals surface area (Å²) in [7, 11) is 1.51. The van der Waals surface area contributed by atoms with Crippen LogP contribution >= 0.6 is 0 Å². The summed E-state index contributed by atoms with van der Waals surface area (Å²) in [4.78, 5) is 16.5. The Morgan fingerprint density at radius 3 is 2.65 bits per heavy atom. The molecule has 0 aliphatic rings. The normalized spacial score (nSPS) is 12.4. The topological polar surface area (TPSA) is 107 Å². The third-order valence-corrected chi connectivity index (χ3v) is 3.43. The van der Waals surface area contributed by atoms with Gasteiger partial charge in [0.25, 0.3) is 0 Å². The first-order valence-corrected chi connectivity index (χ1v) is 8.23. The van der Waals surface area contributed by atoms with Crippen molar-refractivity contribution < 1.29 is 19.4 Å². The zero-order valence-corrected chi connectivity index (χ0v) is 15.4. The van der Waals surface area contributed by atoms with Crippen LogP contribution in [0, 0.1) is 0 Å². The molecule has 0 radical (unpaired) electrons. The average Bonchev–Trinajstić information content (AvgIpc) is 2.59. The molecule has 1 heterocycles. The van der Waals surface area contributed by atoms with Gasteiger partial charge in [-0.2, -0.15) is 4.98 Å². The van der Waals surface area contributed by atoms with Gasteiger partial charge in [0, 0.05) is 11.8 Å². The number of aliphatic hydroxyl groups is 1. The van der Waals surface area contributed by atoms with Crippen LogP contribution in [0.3, 0.4) is 0 Å².